The predicted molar refractivity (Wildman–Crippen MR) is 399 cm³/mol. The van der Waals surface area contributed by atoms with Crippen LogP contribution < -0.4 is 5.11 Å². The Balaban J connectivity index is 3.94. The first-order chi connectivity index (χ1) is 45.6. The molecule has 0 saturated heterocycles. The second kappa shape index (κ2) is 74.8. The molecule has 0 saturated carbocycles. The van der Waals surface area contributed by atoms with Gasteiger partial charge in [0.15, 0.2) is 12.4 Å². The lowest BCUT2D eigenvalue weighted by Crippen LogP contribution is -2.44. The summed E-state index contributed by atoms with van der Waals surface area (Å²) < 4.78 is 22.9. The molecule has 2 unspecified atom stereocenters. The number of aliphatic carboxylic acids is 1. The molecule has 9 heteroatoms. The molecule has 0 bridgehead atoms. The van der Waals surface area contributed by atoms with Crippen molar-refractivity contribution in [2.24, 2.45) is 0 Å². The molecule has 0 aromatic carbocycles. The van der Waals surface area contributed by atoms with Gasteiger partial charge in [-0.05, 0) is 57.8 Å². The van der Waals surface area contributed by atoms with E-state index >= 15 is 0 Å². The van der Waals surface area contributed by atoms with Crippen molar-refractivity contribution in [2.45, 2.75) is 411 Å². The number of hydrogen-bond donors (Lipinski definition) is 0. The first-order valence-corrected chi connectivity index (χ1v) is 40.4. The Labute approximate surface area is 577 Å². The number of esters is 2. The van der Waals surface area contributed by atoms with Crippen LogP contribution in [0.1, 0.15) is 399 Å². The van der Waals surface area contributed by atoms with Gasteiger partial charge in [0, 0.05) is 12.8 Å². The molecule has 0 spiro atoms. The highest BCUT2D eigenvalue weighted by Gasteiger charge is 2.22. The Hall–Kier alpha value is -3.01. The number of unbranched alkanes of at least 4 members (excludes halogenated alkanes) is 51. The van der Waals surface area contributed by atoms with Crippen molar-refractivity contribution < 1.29 is 42.9 Å². The maximum absolute atomic E-state index is 13.0. The highest BCUT2D eigenvalue weighted by atomic mass is 16.7. The molecule has 0 aromatic heterocycles. The average Bonchev–Trinajstić information content (AvgIpc) is 3.38. The number of carbonyl (C=O) groups excluding carboxylic acids is 3. The number of ether oxygens (including phenoxy) is 4. The van der Waals surface area contributed by atoms with E-state index in [9.17, 15) is 19.5 Å². The van der Waals surface area contributed by atoms with Gasteiger partial charge in [-0.25, -0.2) is 0 Å². The summed E-state index contributed by atoms with van der Waals surface area (Å²) >= 11 is 0. The number of carbonyl (C=O) groups is 3. The van der Waals surface area contributed by atoms with Crippen LogP contribution in [0.4, 0.5) is 0 Å². The lowest BCUT2D eigenvalue weighted by atomic mass is 10.0. The molecule has 0 rings (SSSR count). The van der Waals surface area contributed by atoms with Crippen LogP contribution in [0.2, 0.25) is 0 Å². The summed E-state index contributed by atoms with van der Waals surface area (Å²) in [6, 6.07) is 0. The monoisotopic (exact) mass is 1310 g/mol. The van der Waals surface area contributed by atoms with Crippen molar-refractivity contribution in [3.63, 3.8) is 0 Å². The lowest BCUT2D eigenvalue weighted by Gasteiger charge is -2.26. The van der Waals surface area contributed by atoms with Gasteiger partial charge in [0.05, 0.1) is 40.3 Å². The van der Waals surface area contributed by atoms with Gasteiger partial charge in [0.2, 0.25) is 0 Å². The minimum atomic E-state index is -1.62. The SMILES string of the molecule is CC/C=C\C/C=C\C/C=C\C/C=C\C/C=C\CCCCCCCCCCCCCCCCCCCCCCCCCCCC(=O)OC(COC(=O)CCCCCCCCCCCCCCCCCCCCCCCCCCCCC)COC(OCC[N+](C)(C)C)C(=O)[O-]. The van der Waals surface area contributed by atoms with Gasteiger partial charge in [0.25, 0.3) is 0 Å². The van der Waals surface area contributed by atoms with Gasteiger partial charge in [-0.1, -0.05) is 389 Å². The maximum Gasteiger partial charge on any atom is 0.306 e. The zero-order chi connectivity index (χ0) is 67.5. The van der Waals surface area contributed by atoms with Crippen molar-refractivity contribution in [3.05, 3.63) is 60.8 Å². The van der Waals surface area contributed by atoms with E-state index in [1.807, 2.05) is 21.1 Å². The summed E-state index contributed by atoms with van der Waals surface area (Å²) in [6.45, 7) is 4.71. The van der Waals surface area contributed by atoms with Crippen LogP contribution in [0.5, 0.6) is 0 Å². The van der Waals surface area contributed by atoms with Gasteiger partial charge >= 0.3 is 11.9 Å². The number of rotatable bonds is 76. The molecule has 0 aliphatic rings. The topological polar surface area (TPSA) is 111 Å². The third kappa shape index (κ3) is 76.2. The first kappa shape index (κ1) is 90.0. The number of quaternary nitrogens is 1. The predicted octanol–water partition coefficient (Wildman–Crippen LogP) is 24.5. The normalized spacial score (nSPS) is 12.9. The molecule has 0 heterocycles. The fourth-order valence-electron chi connectivity index (χ4n) is 12.2. The number of nitrogens with zero attached hydrogens (tertiary/aromatic N) is 1. The van der Waals surface area contributed by atoms with Crippen LogP contribution in [0.15, 0.2) is 60.8 Å². The Bertz CT molecular complexity index is 1710. The van der Waals surface area contributed by atoms with Crippen LogP contribution >= 0.6 is 0 Å². The smallest absolute Gasteiger partial charge is 0.306 e. The summed E-state index contributed by atoms with van der Waals surface area (Å²) in [5.74, 6) is -2.25. The van der Waals surface area contributed by atoms with Crippen molar-refractivity contribution >= 4 is 17.9 Å². The molecule has 544 valence electrons. The summed E-state index contributed by atoms with van der Waals surface area (Å²) in [6.07, 6.45) is 96.4. The largest absolute Gasteiger partial charge is 0.545 e. The van der Waals surface area contributed by atoms with Gasteiger partial charge in [0.1, 0.15) is 13.2 Å². The first-order valence-electron chi connectivity index (χ1n) is 40.4. The zero-order valence-corrected chi connectivity index (χ0v) is 62.4. The molecule has 2 atom stereocenters. The van der Waals surface area contributed by atoms with Crippen LogP contribution in [-0.2, 0) is 33.3 Å². The van der Waals surface area contributed by atoms with E-state index in [4.69, 9.17) is 18.9 Å². The van der Waals surface area contributed by atoms with Crippen LogP contribution in [-0.4, -0.2) is 82.3 Å². The summed E-state index contributed by atoms with van der Waals surface area (Å²) in [5.41, 5.74) is 0. The molecule has 93 heavy (non-hydrogen) atoms. The quantitative estimate of drug-likeness (QED) is 0.0195. The van der Waals surface area contributed by atoms with Crippen molar-refractivity contribution in [1.82, 2.24) is 0 Å². The summed E-state index contributed by atoms with van der Waals surface area (Å²) in [5, 5.41) is 11.9. The maximum atomic E-state index is 13.0. The van der Waals surface area contributed by atoms with E-state index in [0.29, 0.717) is 17.4 Å². The van der Waals surface area contributed by atoms with Crippen molar-refractivity contribution in [1.29, 1.82) is 0 Å². The fourth-order valence-corrected chi connectivity index (χ4v) is 12.2. The summed E-state index contributed by atoms with van der Waals surface area (Å²) in [4.78, 5) is 37.6. The number of carboxylic acids is 1. The number of allylic oxidation sites excluding steroid dienone is 10. The number of likely N-dealkylation sites (N-methyl/N-ethyl adjacent to an activating group) is 1. The Morgan fingerprint density at radius 3 is 0.914 bits per heavy atom. The highest BCUT2D eigenvalue weighted by molar-refractivity contribution is 5.70. The van der Waals surface area contributed by atoms with Gasteiger partial charge < -0.3 is 33.3 Å². The third-order valence-electron chi connectivity index (χ3n) is 18.3. The Kier molecular flexibility index (Phi) is 72.4. The van der Waals surface area contributed by atoms with E-state index < -0.39 is 24.3 Å². The van der Waals surface area contributed by atoms with Gasteiger partial charge in [-0.15, -0.1) is 0 Å². The standard InChI is InChI=1S/C84H155NO8/c1-6-8-10-12-14-16-18-20-22-24-26-28-30-32-34-35-36-37-38-39-40-41-42-43-44-45-46-47-49-51-53-55-57-59-61-63-65-67-69-71-73-75-82(87)93-80(79-92-84(83(88)89)90-77-76-85(3,4)5)78-91-81(86)74-72-70-68-66-64-62-60-58-56-54-52-50-48-33-31-29-27-25-23-21-19-17-15-13-11-9-7-2/h8,10,14,16,20,22,26,28,32,34,80,84H,6-7,9,11-13,15,17-19,21,23-25,27,29-31,33,35-79H2,1-5H3/b10-8-,16-14-,22-20-,28-26-,34-32-. The Morgan fingerprint density at radius 2 is 0.613 bits per heavy atom. The summed E-state index contributed by atoms with van der Waals surface area (Å²) in [7, 11) is 5.95. The number of hydrogen-bond acceptors (Lipinski definition) is 8. The van der Waals surface area contributed by atoms with Crippen LogP contribution in [0.3, 0.4) is 0 Å². The van der Waals surface area contributed by atoms with Gasteiger partial charge in [-0.2, -0.15) is 0 Å². The van der Waals surface area contributed by atoms with E-state index in [2.05, 4.69) is 74.6 Å². The molecule has 0 N–H and O–H groups in total. The molecular formula is C84H155NO8. The molecule has 0 aliphatic heterocycles. The molecular weight excluding hydrogens is 1150 g/mol. The average molecular weight is 1310 g/mol. The lowest BCUT2D eigenvalue weighted by molar-refractivity contribution is -0.870. The Morgan fingerprint density at radius 1 is 0.333 bits per heavy atom. The molecule has 9 nitrogen and oxygen atoms in total. The van der Waals surface area contributed by atoms with Crippen LogP contribution in [0.25, 0.3) is 0 Å². The van der Waals surface area contributed by atoms with Gasteiger partial charge in [-0.3, -0.25) is 9.59 Å². The highest BCUT2D eigenvalue weighted by Crippen LogP contribution is 2.20. The number of carboxylic acid groups (broad SMARTS) is 1. The fraction of sp³-hybridized carbons (Fsp3) is 0.845. The molecule has 0 fully saturated rings. The van der Waals surface area contributed by atoms with Crippen LogP contribution in [0, 0.1) is 0 Å². The molecule has 0 amide bonds. The van der Waals surface area contributed by atoms with Crippen molar-refractivity contribution in [3.8, 4) is 0 Å². The second-order valence-electron chi connectivity index (χ2n) is 28.7. The third-order valence-corrected chi connectivity index (χ3v) is 18.3. The van der Waals surface area contributed by atoms with E-state index in [1.165, 1.54) is 302 Å². The minimum absolute atomic E-state index is 0.151. The van der Waals surface area contributed by atoms with Crippen molar-refractivity contribution in [2.75, 3.05) is 47.5 Å². The van der Waals surface area contributed by atoms with E-state index in [-0.39, 0.29) is 32.2 Å². The zero-order valence-electron chi connectivity index (χ0n) is 62.4. The molecule has 0 aromatic rings. The van der Waals surface area contributed by atoms with E-state index in [0.717, 1.165) is 70.6 Å². The minimum Gasteiger partial charge on any atom is -0.545 e. The molecule has 0 aliphatic carbocycles. The second-order valence-corrected chi connectivity index (χ2v) is 28.7. The molecule has 0 radical (unpaired) electrons. The van der Waals surface area contributed by atoms with E-state index in [1.54, 1.807) is 0 Å².